The second kappa shape index (κ2) is 10.3. The largest absolute Gasteiger partial charge is 0.444 e. The fourth-order valence-corrected chi connectivity index (χ4v) is 6.07. The molecule has 43 heavy (non-hydrogen) atoms. The Kier molecular flexibility index (Phi) is 6.97. The molecule has 5 heterocycles. The first kappa shape index (κ1) is 29.1. The summed E-state index contributed by atoms with van der Waals surface area (Å²) >= 11 is 0. The van der Waals surface area contributed by atoms with Crippen LogP contribution in [0.3, 0.4) is 0 Å². The standard InChI is InChI=1S/C32H38F2N6O3/c1-18-7-10-21-12-25(39(28(21)35-18)14-20-8-9-20)26-19(2)27-24(33)11-22(15-40(27)37-26)29(41)38-16-23(13-32(6,34)17-38)36-30(42)43-31(3,4)5/h7,10-12,15,20,23H,8-9,13-14,16-17H2,1-6H3,(H,36,42)/t23-,32+/m1/s1. The third kappa shape index (κ3) is 5.94. The normalized spacial score (nSPS) is 21.0. The zero-order chi connectivity index (χ0) is 30.8. The SMILES string of the molecule is Cc1ccc2cc(-c3nn4cc(C(=O)N5C[C@H](NC(=O)OC(C)(C)C)C[C@](C)(F)C5)cc(F)c4c3C)n(CC3CC3)c2n1. The van der Waals surface area contributed by atoms with E-state index in [2.05, 4.69) is 9.88 Å². The molecule has 0 unspecified atom stereocenters. The number of carbonyl (C=O) groups excluding carboxylic acids is 2. The van der Waals surface area contributed by atoms with E-state index < -0.39 is 35.1 Å². The first-order valence-corrected chi connectivity index (χ1v) is 14.8. The topological polar surface area (TPSA) is 93.8 Å². The Hall–Kier alpha value is -4.02. The van der Waals surface area contributed by atoms with E-state index in [1.807, 2.05) is 32.0 Å². The second-order valence-electron chi connectivity index (χ2n) is 13.4. The summed E-state index contributed by atoms with van der Waals surface area (Å²) in [6, 6.07) is 6.56. The zero-order valence-electron chi connectivity index (χ0n) is 25.5. The maximum atomic E-state index is 15.7. The summed E-state index contributed by atoms with van der Waals surface area (Å²) in [6.07, 6.45) is 3.16. The highest BCUT2D eigenvalue weighted by molar-refractivity contribution is 5.95. The van der Waals surface area contributed by atoms with Gasteiger partial charge in [-0.1, -0.05) is 0 Å². The summed E-state index contributed by atoms with van der Waals surface area (Å²) in [6.45, 7) is 11.1. The first-order valence-electron chi connectivity index (χ1n) is 14.8. The molecule has 2 fully saturated rings. The van der Waals surface area contributed by atoms with Crippen LogP contribution in [0.25, 0.3) is 27.9 Å². The first-order chi connectivity index (χ1) is 20.2. The second-order valence-corrected chi connectivity index (χ2v) is 13.4. The number of hydrogen-bond acceptors (Lipinski definition) is 5. The van der Waals surface area contributed by atoms with Gasteiger partial charge < -0.3 is 19.5 Å². The molecule has 0 aromatic carbocycles. The number of halogens is 2. The van der Waals surface area contributed by atoms with Crippen molar-refractivity contribution in [2.75, 3.05) is 13.1 Å². The molecule has 0 bridgehead atoms. The minimum Gasteiger partial charge on any atom is -0.444 e. The molecule has 1 saturated carbocycles. The van der Waals surface area contributed by atoms with Crippen molar-refractivity contribution >= 4 is 28.6 Å². The number of carbonyl (C=O) groups is 2. The molecule has 1 aliphatic carbocycles. The van der Waals surface area contributed by atoms with Crippen molar-refractivity contribution < 1.29 is 23.1 Å². The summed E-state index contributed by atoms with van der Waals surface area (Å²) in [5.74, 6) is -0.559. The predicted molar refractivity (Wildman–Crippen MR) is 159 cm³/mol. The number of fused-ring (bicyclic) bond motifs is 2. The average molecular weight is 593 g/mol. The number of amides is 2. The quantitative estimate of drug-likeness (QED) is 0.308. The van der Waals surface area contributed by atoms with Crippen LogP contribution in [0.5, 0.6) is 0 Å². The van der Waals surface area contributed by atoms with Crippen molar-refractivity contribution in [3.63, 3.8) is 0 Å². The maximum absolute atomic E-state index is 15.7. The molecule has 4 aromatic heterocycles. The number of alkyl halides is 1. The monoisotopic (exact) mass is 592 g/mol. The van der Waals surface area contributed by atoms with Crippen LogP contribution in [0.1, 0.15) is 68.6 Å². The van der Waals surface area contributed by atoms with E-state index in [9.17, 15) is 9.59 Å². The molecule has 0 radical (unpaired) electrons. The van der Waals surface area contributed by atoms with Gasteiger partial charge >= 0.3 is 6.09 Å². The molecule has 1 saturated heterocycles. The highest BCUT2D eigenvalue weighted by Gasteiger charge is 2.40. The number of aryl methyl sites for hydroxylation is 2. The van der Waals surface area contributed by atoms with E-state index in [1.54, 1.807) is 20.8 Å². The van der Waals surface area contributed by atoms with Crippen molar-refractivity contribution in [2.45, 2.75) is 84.7 Å². The van der Waals surface area contributed by atoms with Crippen molar-refractivity contribution in [3.05, 3.63) is 53.1 Å². The van der Waals surface area contributed by atoms with E-state index in [0.717, 1.165) is 41.8 Å². The molecule has 4 aromatic rings. The van der Waals surface area contributed by atoms with Crippen molar-refractivity contribution in [2.24, 2.45) is 5.92 Å². The van der Waals surface area contributed by atoms with Gasteiger partial charge in [-0.05, 0) is 84.6 Å². The summed E-state index contributed by atoms with van der Waals surface area (Å²) < 4.78 is 40.0. The van der Waals surface area contributed by atoms with Crippen molar-refractivity contribution in [1.29, 1.82) is 0 Å². The number of likely N-dealkylation sites (tertiary alicyclic amines) is 1. The Labute approximate surface area is 249 Å². The van der Waals surface area contributed by atoms with Gasteiger partial charge in [0.05, 0.1) is 23.8 Å². The van der Waals surface area contributed by atoms with Gasteiger partial charge in [0.15, 0.2) is 0 Å². The molecule has 9 nitrogen and oxygen atoms in total. The fourth-order valence-electron chi connectivity index (χ4n) is 6.07. The fraction of sp³-hybridized carbons (Fsp3) is 0.500. The van der Waals surface area contributed by atoms with E-state index in [4.69, 9.17) is 14.8 Å². The molecule has 11 heteroatoms. The van der Waals surface area contributed by atoms with Crippen molar-refractivity contribution in [1.82, 2.24) is 29.4 Å². The van der Waals surface area contributed by atoms with Crippen LogP contribution in [-0.4, -0.2) is 66.5 Å². The Morgan fingerprint density at radius 1 is 1.19 bits per heavy atom. The van der Waals surface area contributed by atoms with Crippen LogP contribution in [-0.2, 0) is 11.3 Å². The van der Waals surface area contributed by atoms with Gasteiger partial charge in [0.25, 0.3) is 5.91 Å². The zero-order valence-corrected chi connectivity index (χ0v) is 25.5. The van der Waals surface area contributed by atoms with Crippen LogP contribution < -0.4 is 5.32 Å². The number of hydrogen-bond donors (Lipinski definition) is 1. The van der Waals surface area contributed by atoms with E-state index in [-0.39, 0.29) is 30.6 Å². The number of rotatable bonds is 5. The van der Waals surface area contributed by atoms with Crippen LogP contribution in [0.4, 0.5) is 13.6 Å². The Balaban J connectivity index is 1.33. The molecule has 228 valence electrons. The highest BCUT2D eigenvalue weighted by Crippen LogP contribution is 2.37. The third-order valence-electron chi connectivity index (χ3n) is 8.07. The lowest BCUT2D eigenvalue weighted by Crippen LogP contribution is -2.57. The van der Waals surface area contributed by atoms with E-state index >= 15 is 8.78 Å². The number of ether oxygens (including phenoxy) is 1. The molecule has 2 aliphatic rings. The number of nitrogens with zero attached hydrogens (tertiary/aromatic N) is 5. The summed E-state index contributed by atoms with van der Waals surface area (Å²) in [4.78, 5) is 32.1. The lowest BCUT2D eigenvalue weighted by Gasteiger charge is -2.40. The van der Waals surface area contributed by atoms with Gasteiger partial charge in [0.1, 0.15) is 33.9 Å². The molecule has 1 N–H and O–H groups in total. The average Bonchev–Trinajstić information content (AvgIpc) is 3.56. The molecule has 2 atom stereocenters. The smallest absolute Gasteiger partial charge is 0.407 e. The Morgan fingerprint density at radius 3 is 2.63 bits per heavy atom. The van der Waals surface area contributed by atoms with Gasteiger partial charge in [-0.3, -0.25) is 4.79 Å². The van der Waals surface area contributed by atoms with Crippen molar-refractivity contribution in [3.8, 4) is 11.4 Å². The molecule has 2 amide bonds. The van der Waals surface area contributed by atoms with Gasteiger partial charge in [0.2, 0.25) is 0 Å². The maximum Gasteiger partial charge on any atom is 0.407 e. The minimum atomic E-state index is -1.76. The van der Waals surface area contributed by atoms with Gasteiger partial charge in [-0.2, -0.15) is 5.10 Å². The van der Waals surface area contributed by atoms with Crippen LogP contribution >= 0.6 is 0 Å². The molecule has 6 rings (SSSR count). The molecule has 0 spiro atoms. The van der Waals surface area contributed by atoms with Gasteiger partial charge in [0, 0.05) is 42.4 Å². The Bertz CT molecular complexity index is 1750. The minimum absolute atomic E-state index is 0.0222. The number of nitrogens with one attached hydrogen (secondary N) is 1. The number of pyridine rings is 2. The predicted octanol–water partition coefficient (Wildman–Crippen LogP) is 5.98. The van der Waals surface area contributed by atoms with Crippen LogP contribution in [0, 0.1) is 25.6 Å². The lowest BCUT2D eigenvalue weighted by atomic mass is 9.92. The van der Waals surface area contributed by atoms with E-state index in [1.165, 1.54) is 28.6 Å². The van der Waals surface area contributed by atoms with Crippen LogP contribution in [0.15, 0.2) is 30.5 Å². The van der Waals surface area contributed by atoms with E-state index in [0.29, 0.717) is 17.2 Å². The molecule has 1 aliphatic heterocycles. The van der Waals surface area contributed by atoms with Gasteiger partial charge in [-0.15, -0.1) is 0 Å². The third-order valence-corrected chi connectivity index (χ3v) is 8.07. The lowest BCUT2D eigenvalue weighted by molar-refractivity contribution is 0.0213. The number of alkyl carbamates (subject to hydrolysis) is 1. The number of piperidine rings is 1. The Morgan fingerprint density at radius 2 is 1.93 bits per heavy atom. The highest BCUT2D eigenvalue weighted by atomic mass is 19.1. The summed E-state index contributed by atoms with van der Waals surface area (Å²) in [5.41, 5.74) is 1.77. The molecular formula is C32H38F2N6O3. The summed E-state index contributed by atoms with van der Waals surface area (Å²) in [7, 11) is 0. The molecular weight excluding hydrogens is 554 g/mol. The van der Waals surface area contributed by atoms with Crippen LogP contribution in [0.2, 0.25) is 0 Å². The van der Waals surface area contributed by atoms with Gasteiger partial charge in [-0.25, -0.2) is 23.1 Å². The number of aromatic nitrogens is 4. The summed E-state index contributed by atoms with van der Waals surface area (Å²) in [5, 5.41) is 8.43.